The van der Waals surface area contributed by atoms with E-state index in [9.17, 15) is 50.6 Å². The van der Waals surface area contributed by atoms with E-state index in [0.717, 1.165) is 6.08 Å². The number of rotatable bonds is 3. The summed E-state index contributed by atoms with van der Waals surface area (Å²) in [5, 5.41) is 10.2. The molecule has 3 aliphatic carbocycles. The number of ether oxygens (including phenoxy) is 1. The second-order valence-electron chi connectivity index (χ2n) is 11.6. The number of anilines is 1. The first-order valence-corrected chi connectivity index (χ1v) is 14.3. The molecule has 4 atom stereocenters. The van der Waals surface area contributed by atoms with Crippen LogP contribution < -0.4 is 9.64 Å². The normalized spacial score (nSPS) is 24.8. The van der Waals surface area contributed by atoms with Gasteiger partial charge in [0.15, 0.2) is 23.1 Å². The van der Waals surface area contributed by atoms with Crippen LogP contribution in [0.5, 0.6) is 11.5 Å². The van der Waals surface area contributed by atoms with Crippen LogP contribution in [0.1, 0.15) is 42.4 Å². The summed E-state index contributed by atoms with van der Waals surface area (Å²) < 4.78 is 87.0. The van der Waals surface area contributed by atoms with Gasteiger partial charge in [0.25, 0.3) is 0 Å². The van der Waals surface area contributed by atoms with Crippen molar-refractivity contribution in [3.05, 3.63) is 86.5 Å². The standard InChI is InChI=1S/C32H22ClF6NO6/c1-12-5-22(41)20-11-19-17(24(26(20)27(12)42)13-6-21(33)28(43)23(7-13)46-2)3-4-18-25(19)30(45)40(29(18)44)16-9-14(31(34,35)36)8-15(10-16)32(37,38)39/h3,5-10,18-19,24-25,43H,4,11H2,1-2H3/t18-,19+,24-,25-/m0/s1. The quantitative estimate of drug-likeness (QED) is 0.169. The van der Waals surface area contributed by atoms with Crippen LogP contribution in [0.2, 0.25) is 5.02 Å². The molecule has 2 amide bonds. The summed E-state index contributed by atoms with van der Waals surface area (Å²) in [6, 6.07) is 3.32. The molecule has 0 unspecified atom stereocenters. The highest BCUT2D eigenvalue weighted by atomic mass is 35.5. The van der Waals surface area contributed by atoms with Gasteiger partial charge in [-0.1, -0.05) is 23.3 Å². The van der Waals surface area contributed by atoms with Crippen molar-refractivity contribution in [1.29, 1.82) is 0 Å². The number of ketones is 2. The minimum atomic E-state index is -5.21. The molecule has 2 aromatic rings. The molecule has 2 aromatic carbocycles. The number of fused-ring (bicyclic) bond motifs is 3. The van der Waals surface area contributed by atoms with Crippen molar-refractivity contribution in [2.45, 2.75) is 38.0 Å². The van der Waals surface area contributed by atoms with Crippen LogP contribution in [-0.4, -0.2) is 35.6 Å². The topological polar surface area (TPSA) is 101 Å². The predicted molar refractivity (Wildman–Crippen MR) is 150 cm³/mol. The Hall–Kier alpha value is -4.39. The fourth-order valence-electron chi connectivity index (χ4n) is 6.98. The summed E-state index contributed by atoms with van der Waals surface area (Å²) in [7, 11) is 1.27. The molecule has 0 saturated carbocycles. The molecule has 0 bridgehead atoms. The zero-order chi connectivity index (χ0) is 33.6. The Morgan fingerprint density at radius 2 is 1.54 bits per heavy atom. The van der Waals surface area contributed by atoms with Gasteiger partial charge in [0.2, 0.25) is 11.8 Å². The Kier molecular flexibility index (Phi) is 7.26. The van der Waals surface area contributed by atoms with E-state index in [4.69, 9.17) is 16.3 Å². The summed E-state index contributed by atoms with van der Waals surface area (Å²) in [4.78, 5) is 54.8. The zero-order valence-corrected chi connectivity index (χ0v) is 24.6. The number of amides is 2. The first-order chi connectivity index (χ1) is 21.4. The van der Waals surface area contributed by atoms with Crippen molar-refractivity contribution in [3.8, 4) is 11.5 Å². The number of Topliss-reactive ketones (excluding diaryl/α,β-unsaturated/α-hetero) is 1. The number of methoxy groups -OCH3 is 1. The third-order valence-corrected chi connectivity index (χ3v) is 9.29. The molecule has 1 saturated heterocycles. The van der Waals surface area contributed by atoms with E-state index in [1.54, 1.807) is 6.08 Å². The van der Waals surface area contributed by atoms with Gasteiger partial charge in [0.1, 0.15) is 0 Å². The van der Waals surface area contributed by atoms with Gasteiger partial charge in [0, 0.05) is 22.6 Å². The molecule has 0 radical (unpaired) electrons. The molecule has 4 aliphatic rings. The van der Waals surface area contributed by atoms with Gasteiger partial charge in [-0.25, -0.2) is 4.90 Å². The molecule has 1 N–H and O–H groups in total. The van der Waals surface area contributed by atoms with Gasteiger partial charge in [-0.3, -0.25) is 19.2 Å². The number of hydrogen-bond acceptors (Lipinski definition) is 6. The number of carbonyl (C=O) groups excluding carboxylic acids is 4. The van der Waals surface area contributed by atoms with Gasteiger partial charge < -0.3 is 9.84 Å². The van der Waals surface area contributed by atoms with E-state index in [-0.39, 0.29) is 52.1 Å². The van der Waals surface area contributed by atoms with E-state index in [0.29, 0.717) is 28.2 Å². The van der Waals surface area contributed by atoms with Crippen molar-refractivity contribution < 1.29 is 55.4 Å². The molecule has 240 valence electrons. The molecule has 46 heavy (non-hydrogen) atoms. The van der Waals surface area contributed by atoms with Gasteiger partial charge in [0.05, 0.1) is 40.8 Å². The van der Waals surface area contributed by atoms with Gasteiger partial charge in [-0.2, -0.15) is 26.3 Å². The van der Waals surface area contributed by atoms with Crippen molar-refractivity contribution >= 4 is 40.7 Å². The lowest BCUT2D eigenvalue weighted by Gasteiger charge is -2.42. The fourth-order valence-corrected chi connectivity index (χ4v) is 7.20. The minimum absolute atomic E-state index is 0.0498. The van der Waals surface area contributed by atoms with Crippen molar-refractivity contribution in [2.75, 3.05) is 12.0 Å². The number of halogens is 7. The van der Waals surface area contributed by atoms with Crippen LogP contribution >= 0.6 is 11.6 Å². The predicted octanol–water partition coefficient (Wildman–Crippen LogP) is 6.73. The Morgan fingerprint density at radius 3 is 2.13 bits per heavy atom. The van der Waals surface area contributed by atoms with Crippen LogP contribution in [0.4, 0.5) is 32.0 Å². The highest BCUT2D eigenvalue weighted by molar-refractivity contribution is 6.32. The Bertz CT molecular complexity index is 1820. The number of nitrogens with zero attached hydrogens (tertiary/aromatic N) is 1. The monoisotopic (exact) mass is 665 g/mol. The Labute approximate surface area is 261 Å². The fraction of sp³-hybridized carbons (Fsp3) is 0.312. The lowest BCUT2D eigenvalue weighted by atomic mass is 9.59. The summed E-state index contributed by atoms with van der Waals surface area (Å²) in [5.41, 5.74) is -3.17. The van der Waals surface area contributed by atoms with E-state index >= 15 is 0 Å². The number of benzene rings is 2. The number of carbonyl (C=O) groups is 4. The number of imide groups is 1. The van der Waals surface area contributed by atoms with Gasteiger partial charge in [-0.05, 0) is 67.7 Å². The number of hydrogen-bond donors (Lipinski definition) is 1. The molecular weight excluding hydrogens is 644 g/mol. The first-order valence-electron chi connectivity index (χ1n) is 13.9. The maximum atomic E-state index is 14.0. The van der Waals surface area contributed by atoms with Crippen molar-refractivity contribution in [3.63, 3.8) is 0 Å². The largest absolute Gasteiger partial charge is 0.503 e. The average Bonchev–Trinajstić information content (AvgIpc) is 3.24. The molecule has 14 heteroatoms. The maximum absolute atomic E-state index is 14.0. The van der Waals surface area contributed by atoms with Crippen LogP contribution in [-0.2, 0) is 31.5 Å². The second kappa shape index (κ2) is 10.6. The first kappa shape index (κ1) is 31.6. The lowest BCUT2D eigenvalue weighted by Crippen LogP contribution is -2.39. The summed E-state index contributed by atoms with van der Waals surface area (Å²) in [6.45, 7) is 1.46. The van der Waals surface area contributed by atoms with Crippen molar-refractivity contribution in [2.24, 2.45) is 17.8 Å². The summed E-state index contributed by atoms with van der Waals surface area (Å²) in [5.74, 6) is -7.77. The molecule has 6 rings (SSSR count). The van der Waals surface area contributed by atoms with Crippen LogP contribution in [0.3, 0.4) is 0 Å². The average molecular weight is 666 g/mol. The Balaban J connectivity index is 1.49. The molecule has 0 aromatic heterocycles. The van der Waals surface area contributed by atoms with E-state index in [2.05, 4.69) is 0 Å². The molecule has 1 fully saturated rings. The molecular formula is C32H22ClF6NO6. The zero-order valence-electron chi connectivity index (χ0n) is 23.8. The third kappa shape index (κ3) is 4.83. The smallest absolute Gasteiger partial charge is 0.416 e. The number of alkyl halides is 6. The second-order valence-corrected chi connectivity index (χ2v) is 12.0. The maximum Gasteiger partial charge on any atom is 0.416 e. The lowest BCUT2D eigenvalue weighted by molar-refractivity contribution is -0.143. The number of phenolic OH excluding ortho intramolecular Hbond substituents is 1. The molecule has 1 heterocycles. The van der Waals surface area contributed by atoms with Gasteiger partial charge >= 0.3 is 12.4 Å². The van der Waals surface area contributed by atoms with Crippen LogP contribution in [0, 0.1) is 17.8 Å². The SMILES string of the molecule is COc1cc([C@H]2C3=CC[C@@H]4C(=O)N(c5cc(C(F)(F)F)cc(C(F)(F)F)c5)C(=O)[C@@H]4[C@@H]3CC3=C2C(=O)C(C)=CC3=O)cc(Cl)c1O. The summed E-state index contributed by atoms with van der Waals surface area (Å²) in [6.07, 6.45) is -7.97. The van der Waals surface area contributed by atoms with Crippen LogP contribution in [0.25, 0.3) is 0 Å². The van der Waals surface area contributed by atoms with Crippen LogP contribution in [0.15, 0.2) is 64.8 Å². The van der Waals surface area contributed by atoms with Gasteiger partial charge in [-0.15, -0.1) is 0 Å². The van der Waals surface area contributed by atoms with E-state index < -0.39 is 76.2 Å². The molecule has 1 aliphatic heterocycles. The van der Waals surface area contributed by atoms with E-state index in [1.165, 1.54) is 26.2 Å². The summed E-state index contributed by atoms with van der Waals surface area (Å²) >= 11 is 6.27. The number of allylic oxidation sites excluding steroid dienone is 6. The molecule has 7 nitrogen and oxygen atoms in total. The minimum Gasteiger partial charge on any atom is -0.503 e. The highest BCUT2D eigenvalue weighted by Crippen LogP contribution is 2.56. The van der Waals surface area contributed by atoms with E-state index in [1.807, 2.05) is 0 Å². The number of aromatic hydroxyl groups is 1. The molecule has 0 spiro atoms. The van der Waals surface area contributed by atoms with Crippen molar-refractivity contribution in [1.82, 2.24) is 0 Å². The highest BCUT2D eigenvalue weighted by Gasteiger charge is 2.57. The third-order valence-electron chi connectivity index (χ3n) is 9.00. The Morgan fingerprint density at radius 1 is 0.913 bits per heavy atom. The number of phenols is 1.